The average molecular weight is 369 g/mol. The maximum Gasteiger partial charge on any atom is 0.220 e. The first-order chi connectivity index (χ1) is 13.3. The molecule has 0 spiro atoms. The molecule has 0 saturated heterocycles. The van der Waals surface area contributed by atoms with Crippen molar-refractivity contribution in [2.45, 2.75) is 83.1 Å². The Morgan fingerprint density at radius 2 is 1.37 bits per heavy atom. The minimum absolute atomic E-state index is 0.212. The lowest BCUT2D eigenvalue weighted by atomic mass is 10.2. The SMILES string of the molecule is [C-]#[N+]CCCCCC=CCC=CCC=CCC=CCCCC(=O)NC1CC1. The van der Waals surface area contributed by atoms with Gasteiger partial charge in [0, 0.05) is 18.9 Å². The number of rotatable bonds is 16. The average Bonchev–Trinajstić information content (AvgIpc) is 3.47. The molecule has 3 nitrogen and oxygen atoms in total. The topological polar surface area (TPSA) is 33.5 Å². The number of carbonyl (C=O) groups is 1. The third-order valence-electron chi connectivity index (χ3n) is 4.34. The maximum atomic E-state index is 11.5. The van der Waals surface area contributed by atoms with Crippen molar-refractivity contribution >= 4 is 5.91 Å². The van der Waals surface area contributed by atoms with Crippen LogP contribution >= 0.6 is 0 Å². The third kappa shape index (κ3) is 17.1. The van der Waals surface area contributed by atoms with E-state index in [9.17, 15) is 4.79 Å². The van der Waals surface area contributed by atoms with Crippen molar-refractivity contribution in [2.75, 3.05) is 6.54 Å². The van der Waals surface area contributed by atoms with Crippen LogP contribution in [0, 0.1) is 6.57 Å². The number of unbranched alkanes of at least 4 members (excludes halogenated alkanes) is 4. The van der Waals surface area contributed by atoms with Crippen molar-refractivity contribution in [2.24, 2.45) is 0 Å². The van der Waals surface area contributed by atoms with Crippen LogP contribution in [0.4, 0.5) is 0 Å². The van der Waals surface area contributed by atoms with E-state index in [1.54, 1.807) is 0 Å². The summed E-state index contributed by atoms with van der Waals surface area (Å²) in [5.41, 5.74) is 0. The lowest BCUT2D eigenvalue weighted by Crippen LogP contribution is -2.24. The highest BCUT2D eigenvalue weighted by Crippen LogP contribution is 2.18. The van der Waals surface area contributed by atoms with E-state index in [4.69, 9.17) is 6.57 Å². The van der Waals surface area contributed by atoms with Gasteiger partial charge in [-0.2, -0.15) is 0 Å². The van der Waals surface area contributed by atoms with Crippen LogP contribution in [0.25, 0.3) is 4.85 Å². The molecule has 0 bridgehead atoms. The fourth-order valence-electron chi connectivity index (χ4n) is 2.59. The van der Waals surface area contributed by atoms with Crippen molar-refractivity contribution in [1.82, 2.24) is 5.32 Å². The second-order valence-corrected chi connectivity index (χ2v) is 7.06. The molecule has 1 aliphatic carbocycles. The van der Waals surface area contributed by atoms with Crippen LogP contribution in [0.1, 0.15) is 77.0 Å². The number of hydrogen-bond donors (Lipinski definition) is 1. The van der Waals surface area contributed by atoms with Crippen LogP contribution in [0.15, 0.2) is 48.6 Å². The third-order valence-corrected chi connectivity index (χ3v) is 4.34. The lowest BCUT2D eigenvalue weighted by molar-refractivity contribution is -0.121. The van der Waals surface area contributed by atoms with Gasteiger partial charge in [-0.1, -0.05) is 48.6 Å². The Hall–Kier alpha value is -2.08. The highest BCUT2D eigenvalue weighted by Gasteiger charge is 2.22. The van der Waals surface area contributed by atoms with E-state index in [0.717, 1.165) is 64.2 Å². The molecule has 0 radical (unpaired) electrons. The standard InChI is InChI=1S/C24H36N2O/c1-25-22-18-16-14-12-10-8-6-4-2-3-5-7-9-11-13-15-17-19-24(27)26-23-20-21-23/h2,4-5,7-8,10-11,13,23H,3,6,9,12,14-22H2,(H,26,27). The van der Waals surface area contributed by atoms with Gasteiger partial charge in [-0.05, 0) is 64.2 Å². The summed E-state index contributed by atoms with van der Waals surface area (Å²) in [5, 5.41) is 3.02. The van der Waals surface area contributed by atoms with Gasteiger partial charge in [-0.25, -0.2) is 6.57 Å². The first-order valence-corrected chi connectivity index (χ1v) is 10.6. The van der Waals surface area contributed by atoms with E-state index in [-0.39, 0.29) is 5.91 Å². The fraction of sp³-hybridized carbons (Fsp3) is 0.583. The van der Waals surface area contributed by atoms with Crippen molar-refractivity contribution in [1.29, 1.82) is 0 Å². The molecule has 148 valence electrons. The number of carbonyl (C=O) groups excluding carboxylic acids is 1. The quantitative estimate of drug-likeness (QED) is 0.193. The highest BCUT2D eigenvalue weighted by atomic mass is 16.1. The Kier molecular flexibility index (Phi) is 14.7. The minimum Gasteiger partial charge on any atom is -0.353 e. The maximum absolute atomic E-state index is 11.5. The van der Waals surface area contributed by atoms with Gasteiger partial charge in [-0.15, -0.1) is 0 Å². The van der Waals surface area contributed by atoms with Gasteiger partial charge in [0.25, 0.3) is 0 Å². The highest BCUT2D eigenvalue weighted by molar-refractivity contribution is 5.76. The molecule has 1 aliphatic rings. The van der Waals surface area contributed by atoms with Gasteiger partial charge < -0.3 is 10.2 Å². The van der Waals surface area contributed by atoms with Gasteiger partial charge in [0.2, 0.25) is 12.5 Å². The van der Waals surface area contributed by atoms with Crippen molar-refractivity contribution in [3.05, 3.63) is 60.0 Å². The first-order valence-electron chi connectivity index (χ1n) is 10.6. The summed E-state index contributed by atoms with van der Waals surface area (Å²) in [7, 11) is 0. The Morgan fingerprint density at radius 1 is 0.815 bits per heavy atom. The van der Waals surface area contributed by atoms with Crippen LogP contribution < -0.4 is 5.32 Å². The molecule has 0 aliphatic heterocycles. The van der Waals surface area contributed by atoms with Gasteiger partial charge in [0.05, 0.1) is 0 Å². The molecule has 27 heavy (non-hydrogen) atoms. The zero-order valence-corrected chi connectivity index (χ0v) is 16.7. The predicted molar refractivity (Wildman–Crippen MR) is 115 cm³/mol. The predicted octanol–water partition coefficient (Wildman–Crippen LogP) is 6.31. The van der Waals surface area contributed by atoms with E-state index in [1.165, 1.54) is 6.42 Å². The molecule has 1 N–H and O–H groups in total. The Morgan fingerprint density at radius 3 is 1.93 bits per heavy atom. The molecule has 1 fully saturated rings. The summed E-state index contributed by atoms with van der Waals surface area (Å²) in [4.78, 5) is 14.9. The minimum atomic E-state index is 0.212. The van der Waals surface area contributed by atoms with Crippen molar-refractivity contribution in [3.63, 3.8) is 0 Å². The molecule has 0 heterocycles. The molecule has 0 unspecified atom stereocenters. The van der Waals surface area contributed by atoms with Gasteiger partial charge >= 0.3 is 0 Å². The molecule has 0 aromatic rings. The number of nitrogens with one attached hydrogen (secondary N) is 1. The van der Waals surface area contributed by atoms with Crippen molar-refractivity contribution < 1.29 is 4.79 Å². The van der Waals surface area contributed by atoms with E-state index in [2.05, 4.69) is 58.8 Å². The van der Waals surface area contributed by atoms with E-state index in [0.29, 0.717) is 19.0 Å². The number of amides is 1. The fourth-order valence-corrected chi connectivity index (χ4v) is 2.59. The van der Waals surface area contributed by atoms with E-state index >= 15 is 0 Å². The molecule has 1 amide bonds. The molecule has 1 saturated carbocycles. The summed E-state index contributed by atoms with van der Waals surface area (Å²) < 4.78 is 0. The first kappa shape index (κ1) is 23.0. The normalized spacial score (nSPS) is 14.6. The lowest BCUT2D eigenvalue weighted by Gasteiger charge is -2.00. The summed E-state index contributed by atoms with van der Waals surface area (Å²) >= 11 is 0. The summed E-state index contributed by atoms with van der Waals surface area (Å²) in [6.45, 7) is 7.39. The van der Waals surface area contributed by atoms with Gasteiger partial charge in [0.1, 0.15) is 0 Å². The Balaban J connectivity index is 1.85. The number of nitrogens with zero attached hydrogens (tertiary/aromatic N) is 1. The monoisotopic (exact) mass is 368 g/mol. The van der Waals surface area contributed by atoms with E-state index in [1.807, 2.05) is 0 Å². The Labute approximate surface area is 166 Å². The van der Waals surface area contributed by atoms with Gasteiger partial charge in [-0.3, -0.25) is 4.79 Å². The smallest absolute Gasteiger partial charge is 0.220 e. The second-order valence-electron chi connectivity index (χ2n) is 7.06. The molecule has 1 rings (SSSR count). The molecule has 0 aromatic carbocycles. The van der Waals surface area contributed by atoms with Crippen LogP contribution in [0.3, 0.4) is 0 Å². The zero-order chi connectivity index (χ0) is 19.4. The van der Waals surface area contributed by atoms with Crippen molar-refractivity contribution in [3.8, 4) is 0 Å². The van der Waals surface area contributed by atoms with Crippen LogP contribution in [-0.2, 0) is 4.79 Å². The molecular formula is C24H36N2O. The molecule has 3 heteroatoms. The summed E-state index contributed by atoms with van der Waals surface area (Å²) in [6, 6.07) is 0.481. The van der Waals surface area contributed by atoms with Crippen LogP contribution in [-0.4, -0.2) is 18.5 Å². The van der Waals surface area contributed by atoms with Crippen LogP contribution in [0.2, 0.25) is 0 Å². The zero-order valence-electron chi connectivity index (χ0n) is 16.7. The number of hydrogen-bond acceptors (Lipinski definition) is 1. The number of allylic oxidation sites excluding steroid dienone is 8. The second kappa shape index (κ2) is 17.3. The largest absolute Gasteiger partial charge is 0.353 e. The summed E-state index contributed by atoms with van der Waals surface area (Å²) in [5.74, 6) is 0.212. The molecule has 0 aromatic heterocycles. The molecule has 0 atom stereocenters. The summed E-state index contributed by atoms with van der Waals surface area (Å²) in [6.07, 6.45) is 30.0. The van der Waals surface area contributed by atoms with Crippen LogP contribution in [0.5, 0.6) is 0 Å². The Bertz CT molecular complexity index is 533. The van der Waals surface area contributed by atoms with E-state index < -0.39 is 0 Å². The van der Waals surface area contributed by atoms with Gasteiger partial charge in [0.15, 0.2) is 0 Å². The molecular weight excluding hydrogens is 332 g/mol.